The van der Waals surface area contributed by atoms with E-state index in [0.29, 0.717) is 18.1 Å². The van der Waals surface area contributed by atoms with Gasteiger partial charge in [-0.25, -0.2) is 8.42 Å². The summed E-state index contributed by atoms with van der Waals surface area (Å²) in [6.45, 7) is 1.20. The molecule has 1 saturated heterocycles. The summed E-state index contributed by atoms with van der Waals surface area (Å²) < 4.78 is 27.6. The molecule has 1 amide bonds. The first-order chi connectivity index (χ1) is 9.34. The molecular weight excluding hydrogens is 300 g/mol. The highest BCUT2D eigenvalue weighted by Gasteiger charge is 2.31. The van der Waals surface area contributed by atoms with Crippen LogP contribution in [0.15, 0.2) is 4.90 Å². The fraction of sp³-hybridized carbons (Fsp3) is 0.636. The Kier molecular flexibility index (Phi) is 4.19. The third-order valence-corrected chi connectivity index (χ3v) is 5.55. The van der Waals surface area contributed by atoms with Crippen LogP contribution in [0.25, 0.3) is 0 Å². The number of nitrogens with zero attached hydrogens (tertiary/aromatic N) is 2. The van der Waals surface area contributed by atoms with Crippen molar-refractivity contribution < 1.29 is 13.2 Å². The average Bonchev–Trinajstić information content (AvgIpc) is 2.80. The summed E-state index contributed by atoms with van der Waals surface area (Å²) in [6.07, 6.45) is 2.76. The van der Waals surface area contributed by atoms with Crippen LogP contribution < -0.4 is 16.0 Å². The van der Waals surface area contributed by atoms with Crippen molar-refractivity contribution in [1.82, 2.24) is 9.69 Å². The Hall–Kier alpha value is -1.35. The van der Waals surface area contributed by atoms with E-state index in [2.05, 4.69) is 9.69 Å². The molecule has 1 aliphatic rings. The summed E-state index contributed by atoms with van der Waals surface area (Å²) in [7, 11) is -1.83. The van der Waals surface area contributed by atoms with E-state index < -0.39 is 9.84 Å². The molecule has 0 radical (unpaired) electrons. The number of aromatic nitrogens is 1. The first-order valence-electron chi connectivity index (χ1n) is 6.26. The van der Waals surface area contributed by atoms with Crippen molar-refractivity contribution in [2.75, 3.05) is 37.0 Å². The molecule has 7 nitrogen and oxygen atoms in total. The van der Waals surface area contributed by atoms with Gasteiger partial charge in [0.05, 0.1) is 5.92 Å². The Morgan fingerprint density at radius 3 is 2.85 bits per heavy atom. The predicted molar refractivity (Wildman–Crippen MR) is 78.6 cm³/mol. The molecule has 2 heterocycles. The van der Waals surface area contributed by atoms with E-state index in [1.54, 1.807) is 7.05 Å². The number of carbonyl (C=O) groups excluding carboxylic acids is 1. The quantitative estimate of drug-likeness (QED) is 0.818. The van der Waals surface area contributed by atoms with E-state index in [9.17, 15) is 13.2 Å². The molecule has 112 valence electrons. The van der Waals surface area contributed by atoms with Crippen molar-refractivity contribution in [3.63, 3.8) is 0 Å². The van der Waals surface area contributed by atoms with Gasteiger partial charge in [0.2, 0.25) is 5.91 Å². The van der Waals surface area contributed by atoms with Crippen LogP contribution in [0.1, 0.15) is 12.8 Å². The normalized spacial score (nSPS) is 19.9. The zero-order valence-electron chi connectivity index (χ0n) is 11.4. The molecule has 1 aromatic rings. The van der Waals surface area contributed by atoms with Crippen LogP contribution >= 0.6 is 11.5 Å². The molecule has 0 spiro atoms. The average molecular weight is 318 g/mol. The van der Waals surface area contributed by atoms with Crippen molar-refractivity contribution >= 4 is 38.1 Å². The molecule has 0 bridgehead atoms. The second-order valence-corrected chi connectivity index (χ2v) is 7.58. The van der Waals surface area contributed by atoms with Crippen molar-refractivity contribution in [1.29, 1.82) is 0 Å². The van der Waals surface area contributed by atoms with Gasteiger partial charge in [-0.05, 0) is 24.4 Å². The van der Waals surface area contributed by atoms with E-state index in [0.717, 1.165) is 30.6 Å². The number of hydrogen-bond acceptors (Lipinski definition) is 7. The summed E-state index contributed by atoms with van der Waals surface area (Å²) in [5, 5.41) is 3.18. The lowest BCUT2D eigenvalue weighted by atomic mass is 9.97. The van der Waals surface area contributed by atoms with Crippen LogP contribution in [0.5, 0.6) is 0 Å². The maximum atomic E-state index is 11.8. The largest absolute Gasteiger partial charge is 0.382 e. The standard InChI is InChI=1S/C11H18N4O3S2/c1-13-10(16)7-4-3-5-15(6-7)11-8(20(2,17)18)9(12)14-19-11/h7H,3-6H2,1-2H3,(H2,12,14)(H,13,16). The SMILES string of the molecule is CNC(=O)C1CCCN(c2snc(N)c2S(C)(=O)=O)C1. The lowest BCUT2D eigenvalue weighted by molar-refractivity contribution is -0.124. The van der Waals surface area contributed by atoms with Crippen LogP contribution in [0.2, 0.25) is 0 Å². The molecule has 0 aliphatic carbocycles. The topological polar surface area (TPSA) is 105 Å². The molecule has 0 saturated carbocycles. The second-order valence-electron chi connectivity index (χ2n) is 4.87. The van der Waals surface area contributed by atoms with Crippen molar-refractivity contribution in [3.8, 4) is 0 Å². The molecule has 3 N–H and O–H groups in total. The smallest absolute Gasteiger partial charge is 0.224 e. The Bertz CT molecular complexity index is 611. The van der Waals surface area contributed by atoms with E-state index in [4.69, 9.17) is 5.73 Å². The lowest BCUT2D eigenvalue weighted by Crippen LogP contribution is -2.42. The van der Waals surface area contributed by atoms with Gasteiger partial charge in [-0.15, -0.1) is 0 Å². The van der Waals surface area contributed by atoms with Gasteiger partial charge >= 0.3 is 0 Å². The van der Waals surface area contributed by atoms with E-state index >= 15 is 0 Å². The highest BCUT2D eigenvalue weighted by atomic mass is 32.2. The minimum absolute atomic E-state index is 0.0203. The molecule has 1 aromatic heterocycles. The van der Waals surface area contributed by atoms with Crippen molar-refractivity contribution in [2.45, 2.75) is 17.7 Å². The third kappa shape index (κ3) is 2.88. The number of nitrogen functional groups attached to an aromatic ring is 1. The summed E-state index contributed by atoms with van der Waals surface area (Å²) in [4.78, 5) is 13.7. The number of nitrogens with one attached hydrogen (secondary N) is 1. The Morgan fingerprint density at radius 2 is 2.25 bits per heavy atom. The van der Waals surface area contributed by atoms with Gasteiger partial charge in [0, 0.05) is 26.4 Å². The molecule has 9 heteroatoms. The monoisotopic (exact) mass is 318 g/mol. The third-order valence-electron chi connectivity index (χ3n) is 3.35. The fourth-order valence-corrected chi connectivity index (χ4v) is 4.65. The second kappa shape index (κ2) is 5.57. The van der Waals surface area contributed by atoms with Crippen LogP contribution in [0.4, 0.5) is 10.8 Å². The molecule has 1 fully saturated rings. The number of piperidine rings is 1. The highest BCUT2D eigenvalue weighted by Crippen LogP contribution is 2.36. The van der Waals surface area contributed by atoms with Crippen LogP contribution in [0, 0.1) is 5.92 Å². The summed E-state index contributed by atoms with van der Waals surface area (Å²) in [5.41, 5.74) is 5.67. The molecule has 0 aromatic carbocycles. The number of sulfone groups is 1. The fourth-order valence-electron chi connectivity index (χ4n) is 2.41. The Morgan fingerprint density at radius 1 is 1.55 bits per heavy atom. The molecule has 20 heavy (non-hydrogen) atoms. The zero-order chi connectivity index (χ0) is 14.9. The number of anilines is 2. The molecule has 1 atom stereocenters. The first kappa shape index (κ1) is 15.0. The molecular formula is C11H18N4O3S2. The van der Waals surface area contributed by atoms with E-state index in [-0.39, 0.29) is 22.5 Å². The predicted octanol–water partition coefficient (Wildman–Crippen LogP) is 0.0912. The van der Waals surface area contributed by atoms with Gasteiger partial charge in [-0.3, -0.25) is 4.79 Å². The number of nitrogens with two attached hydrogens (primary N) is 1. The van der Waals surface area contributed by atoms with Gasteiger partial charge in [0.15, 0.2) is 15.7 Å². The van der Waals surface area contributed by atoms with Gasteiger partial charge in [-0.1, -0.05) is 0 Å². The highest BCUT2D eigenvalue weighted by molar-refractivity contribution is 7.91. The number of carbonyl (C=O) groups is 1. The van der Waals surface area contributed by atoms with E-state index in [1.807, 2.05) is 4.90 Å². The minimum atomic E-state index is -3.43. The minimum Gasteiger partial charge on any atom is -0.382 e. The van der Waals surface area contributed by atoms with Gasteiger partial charge < -0.3 is 16.0 Å². The van der Waals surface area contributed by atoms with Crippen molar-refractivity contribution in [3.05, 3.63) is 0 Å². The summed E-state index contributed by atoms with van der Waals surface area (Å²) in [6, 6.07) is 0. The first-order valence-corrected chi connectivity index (χ1v) is 8.92. The number of amides is 1. The number of hydrogen-bond donors (Lipinski definition) is 2. The van der Waals surface area contributed by atoms with Crippen LogP contribution in [0.3, 0.4) is 0 Å². The van der Waals surface area contributed by atoms with Crippen LogP contribution in [-0.4, -0.2) is 45.1 Å². The van der Waals surface area contributed by atoms with E-state index in [1.165, 1.54) is 0 Å². The Labute approximate surface area is 122 Å². The van der Waals surface area contributed by atoms with Crippen LogP contribution in [-0.2, 0) is 14.6 Å². The zero-order valence-corrected chi connectivity index (χ0v) is 13.1. The molecule has 2 rings (SSSR count). The number of rotatable bonds is 3. The summed E-state index contributed by atoms with van der Waals surface area (Å²) >= 11 is 1.07. The molecule has 1 unspecified atom stereocenters. The lowest BCUT2D eigenvalue weighted by Gasteiger charge is -2.32. The van der Waals surface area contributed by atoms with Crippen molar-refractivity contribution in [2.24, 2.45) is 5.92 Å². The van der Waals surface area contributed by atoms with Gasteiger partial charge in [-0.2, -0.15) is 4.37 Å². The maximum absolute atomic E-state index is 11.8. The van der Waals surface area contributed by atoms with Gasteiger partial charge in [0.25, 0.3) is 0 Å². The molecule has 1 aliphatic heterocycles. The van der Waals surface area contributed by atoms with Gasteiger partial charge in [0.1, 0.15) is 9.90 Å². The summed E-state index contributed by atoms with van der Waals surface area (Å²) in [5.74, 6) is -0.118. The Balaban J connectivity index is 2.31. The maximum Gasteiger partial charge on any atom is 0.224 e.